The van der Waals surface area contributed by atoms with Crippen LogP contribution in [0.2, 0.25) is 15.1 Å². The lowest BCUT2D eigenvalue weighted by Gasteiger charge is -2.07. The van der Waals surface area contributed by atoms with Gasteiger partial charge >= 0.3 is 5.97 Å². The SMILES string of the molecule is O=C(O)Cn1nc(-c2ccc(Cl)c(F)c2)nc1CC(=O)NCc1cc(Cl)cc(Cl)c1. The number of nitrogens with one attached hydrogen (secondary N) is 1. The molecule has 11 heteroatoms. The van der Waals surface area contributed by atoms with Crippen LogP contribution in [0.3, 0.4) is 0 Å². The predicted octanol–water partition coefficient (Wildman–Crippen LogP) is 3.99. The van der Waals surface area contributed by atoms with Crippen molar-refractivity contribution in [1.29, 1.82) is 0 Å². The highest BCUT2D eigenvalue weighted by Gasteiger charge is 2.17. The molecule has 1 heterocycles. The zero-order chi connectivity index (χ0) is 21.8. The van der Waals surface area contributed by atoms with E-state index in [1.54, 1.807) is 18.2 Å². The molecule has 0 radical (unpaired) electrons. The van der Waals surface area contributed by atoms with Gasteiger partial charge in [0.25, 0.3) is 0 Å². The van der Waals surface area contributed by atoms with Gasteiger partial charge < -0.3 is 10.4 Å². The fourth-order valence-electron chi connectivity index (χ4n) is 2.64. The molecule has 0 aliphatic carbocycles. The van der Waals surface area contributed by atoms with Crippen LogP contribution in [0.5, 0.6) is 0 Å². The zero-order valence-corrected chi connectivity index (χ0v) is 17.5. The summed E-state index contributed by atoms with van der Waals surface area (Å²) in [7, 11) is 0. The van der Waals surface area contributed by atoms with E-state index in [1.165, 1.54) is 12.1 Å². The number of nitrogens with zero attached hydrogens (tertiary/aromatic N) is 3. The Morgan fingerprint density at radius 2 is 1.80 bits per heavy atom. The van der Waals surface area contributed by atoms with Crippen LogP contribution >= 0.6 is 34.8 Å². The molecule has 0 saturated carbocycles. The number of benzene rings is 2. The summed E-state index contributed by atoms with van der Waals surface area (Å²) in [4.78, 5) is 27.7. The molecule has 0 aliphatic rings. The van der Waals surface area contributed by atoms with Crippen LogP contribution in [0.25, 0.3) is 11.4 Å². The van der Waals surface area contributed by atoms with Gasteiger partial charge in [-0.25, -0.2) is 14.1 Å². The van der Waals surface area contributed by atoms with E-state index in [0.29, 0.717) is 21.2 Å². The third-order valence-electron chi connectivity index (χ3n) is 3.94. The van der Waals surface area contributed by atoms with Crippen molar-refractivity contribution in [2.75, 3.05) is 0 Å². The van der Waals surface area contributed by atoms with Crippen molar-refractivity contribution in [2.45, 2.75) is 19.5 Å². The van der Waals surface area contributed by atoms with Crippen LogP contribution in [0.15, 0.2) is 36.4 Å². The number of halogens is 4. The first-order chi connectivity index (χ1) is 14.2. The van der Waals surface area contributed by atoms with Crippen molar-refractivity contribution in [3.63, 3.8) is 0 Å². The van der Waals surface area contributed by atoms with E-state index >= 15 is 0 Å². The average Bonchev–Trinajstić information content (AvgIpc) is 3.03. The molecule has 0 spiro atoms. The molecule has 0 aliphatic heterocycles. The van der Waals surface area contributed by atoms with Gasteiger partial charge in [-0.3, -0.25) is 9.59 Å². The molecule has 0 saturated heterocycles. The largest absolute Gasteiger partial charge is 0.480 e. The fraction of sp³-hybridized carbons (Fsp3) is 0.158. The van der Waals surface area contributed by atoms with Crippen LogP contribution in [0, 0.1) is 5.82 Å². The highest BCUT2D eigenvalue weighted by atomic mass is 35.5. The van der Waals surface area contributed by atoms with Gasteiger partial charge in [-0.1, -0.05) is 34.8 Å². The van der Waals surface area contributed by atoms with E-state index in [1.807, 2.05) is 0 Å². The second kappa shape index (κ2) is 9.42. The lowest BCUT2D eigenvalue weighted by molar-refractivity contribution is -0.138. The summed E-state index contributed by atoms with van der Waals surface area (Å²) in [5, 5.41) is 16.7. The Labute approximate surface area is 185 Å². The summed E-state index contributed by atoms with van der Waals surface area (Å²) >= 11 is 17.6. The van der Waals surface area contributed by atoms with Crippen molar-refractivity contribution < 1.29 is 19.1 Å². The molecule has 2 aromatic carbocycles. The maximum Gasteiger partial charge on any atom is 0.325 e. The molecule has 0 fully saturated rings. The minimum Gasteiger partial charge on any atom is -0.480 e. The Balaban J connectivity index is 1.77. The monoisotopic (exact) mass is 470 g/mol. The molecule has 3 aromatic rings. The number of rotatable bonds is 7. The van der Waals surface area contributed by atoms with E-state index in [9.17, 15) is 14.0 Å². The Kier molecular flexibility index (Phi) is 6.91. The molecule has 30 heavy (non-hydrogen) atoms. The number of hydrogen-bond acceptors (Lipinski definition) is 4. The summed E-state index contributed by atoms with van der Waals surface area (Å²) in [5.41, 5.74) is 1.00. The van der Waals surface area contributed by atoms with Crippen molar-refractivity contribution in [3.05, 3.63) is 68.7 Å². The minimum absolute atomic E-state index is 0.0653. The molecule has 1 aromatic heterocycles. The molecule has 7 nitrogen and oxygen atoms in total. The summed E-state index contributed by atoms with van der Waals surface area (Å²) in [5.74, 6) is -2.05. The van der Waals surface area contributed by atoms with Crippen LogP contribution in [0.1, 0.15) is 11.4 Å². The van der Waals surface area contributed by atoms with Crippen molar-refractivity contribution >= 4 is 46.7 Å². The molecular formula is C19H14Cl3FN4O3. The van der Waals surface area contributed by atoms with Gasteiger partial charge in [0.1, 0.15) is 18.2 Å². The highest BCUT2D eigenvalue weighted by molar-refractivity contribution is 6.34. The van der Waals surface area contributed by atoms with E-state index in [4.69, 9.17) is 39.9 Å². The second-order valence-corrected chi connectivity index (χ2v) is 7.54. The third-order valence-corrected chi connectivity index (χ3v) is 4.68. The summed E-state index contributed by atoms with van der Waals surface area (Å²) in [6.07, 6.45) is -0.231. The first-order valence-electron chi connectivity index (χ1n) is 8.54. The van der Waals surface area contributed by atoms with Gasteiger partial charge in [0, 0.05) is 22.2 Å². The number of aliphatic carboxylic acids is 1. The predicted molar refractivity (Wildman–Crippen MR) is 110 cm³/mol. The van der Waals surface area contributed by atoms with E-state index in [2.05, 4.69) is 15.4 Å². The van der Waals surface area contributed by atoms with E-state index < -0.39 is 24.2 Å². The van der Waals surface area contributed by atoms with Crippen molar-refractivity contribution in [2.24, 2.45) is 0 Å². The number of amides is 1. The van der Waals surface area contributed by atoms with Gasteiger partial charge in [-0.05, 0) is 42.0 Å². The lowest BCUT2D eigenvalue weighted by atomic mass is 10.2. The summed E-state index contributed by atoms with van der Waals surface area (Å²) < 4.78 is 14.8. The maximum atomic E-state index is 13.7. The Morgan fingerprint density at radius 3 is 2.43 bits per heavy atom. The average molecular weight is 472 g/mol. The molecular weight excluding hydrogens is 458 g/mol. The third kappa shape index (κ3) is 5.69. The van der Waals surface area contributed by atoms with Crippen LogP contribution in [0.4, 0.5) is 4.39 Å². The minimum atomic E-state index is -1.16. The van der Waals surface area contributed by atoms with E-state index in [-0.39, 0.29) is 29.6 Å². The number of carbonyl (C=O) groups is 2. The highest BCUT2D eigenvalue weighted by Crippen LogP contribution is 2.22. The number of aromatic nitrogens is 3. The number of hydrogen-bond donors (Lipinski definition) is 2. The van der Waals surface area contributed by atoms with E-state index in [0.717, 1.165) is 10.7 Å². The first kappa shape index (κ1) is 22.0. The summed E-state index contributed by atoms with van der Waals surface area (Å²) in [6, 6.07) is 8.87. The molecule has 2 N–H and O–H groups in total. The second-order valence-electron chi connectivity index (χ2n) is 6.26. The smallest absolute Gasteiger partial charge is 0.325 e. The Morgan fingerprint density at radius 1 is 1.10 bits per heavy atom. The van der Waals surface area contributed by atoms with Crippen molar-refractivity contribution in [3.8, 4) is 11.4 Å². The normalized spacial score (nSPS) is 10.8. The Hall–Kier alpha value is -2.68. The van der Waals surface area contributed by atoms with Gasteiger partial charge in [-0.2, -0.15) is 5.10 Å². The lowest BCUT2D eigenvalue weighted by Crippen LogP contribution is -2.26. The number of carboxylic acid groups (broad SMARTS) is 1. The molecule has 3 rings (SSSR count). The molecule has 1 amide bonds. The van der Waals surface area contributed by atoms with Crippen molar-refractivity contribution in [1.82, 2.24) is 20.1 Å². The Bertz CT molecular complexity index is 1100. The standard InChI is InChI=1S/C19H14Cl3FN4O3/c20-12-3-10(4-13(21)6-12)8-24-17(28)7-16-25-19(26-27(16)9-18(29)30)11-1-2-14(22)15(23)5-11/h1-6H,7-9H2,(H,24,28)(H,29,30). The first-order valence-corrected chi connectivity index (χ1v) is 9.67. The van der Waals surface area contributed by atoms with Crippen LogP contribution in [-0.4, -0.2) is 31.7 Å². The molecule has 0 atom stereocenters. The quantitative estimate of drug-likeness (QED) is 0.543. The van der Waals surface area contributed by atoms with Gasteiger partial charge in [0.2, 0.25) is 5.91 Å². The van der Waals surface area contributed by atoms with Crippen LogP contribution < -0.4 is 5.32 Å². The number of carboxylic acids is 1. The molecule has 0 unspecified atom stereocenters. The maximum absolute atomic E-state index is 13.7. The molecule has 0 bridgehead atoms. The number of carbonyl (C=O) groups excluding carboxylic acids is 1. The fourth-order valence-corrected chi connectivity index (χ4v) is 3.33. The zero-order valence-electron chi connectivity index (χ0n) is 15.2. The topological polar surface area (TPSA) is 97.1 Å². The molecule has 156 valence electrons. The summed E-state index contributed by atoms with van der Waals surface area (Å²) in [6.45, 7) is -0.336. The van der Waals surface area contributed by atoms with Gasteiger partial charge in [-0.15, -0.1) is 0 Å². The van der Waals surface area contributed by atoms with Gasteiger partial charge in [0.05, 0.1) is 11.4 Å². The van der Waals surface area contributed by atoms with Gasteiger partial charge in [0.15, 0.2) is 5.82 Å². The van der Waals surface area contributed by atoms with Crippen LogP contribution in [-0.2, 0) is 29.1 Å².